The second kappa shape index (κ2) is 4.08. The Morgan fingerprint density at radius 2 is 2.33 bits per heavy atom. The maximum Gasteiger partial charge on any atom is 0.195 e. The van der Waals surface area contributed by atoms with Crippen molar-refractivity contribution in [3.63, 3.8) is 0 Å². The number of aromatic amines is 1. The lowest BCUT2D eigenvalue weighted by atomic mass is 10.3. The van der Waals surface area contributed by atoms with Crippen LogP contribution in [0.1, 0.15) is 19.9 Å². The molecular weight excluding hydrogens is 250 g/mol. The minimum atomic E-state index is 0.268. The number of hydrogen-bond donors (Lipinski definition) is 1. The largest absolute Gasteiger partial charge is 0.297 e. The van der Waals surface area contributed by atoms with Crippen molar-refractivity contribution in [1.82, 2.24) is 14.8 Å². The normalized spacial score (nSPS) is 11.2. The Hall–Kier alpha value is -0.650. The average molecular weight is 260 g/mol. The molecule has 2 heterocycles. The van der Waals surface area contributed by atoms with Crippen LogP contribution in [0.15, 0.2) is 11.4 Å². The molecule has 0 aliphatic heterocycles. The van der Waals surface area contributed by atoms with Gasteiger partial charge in [-0.25, -0.2) is 0 Å². The first-order valence-electron chi connectivity index (χ1n) is 4.51. The molecule has 0 saturated carbocycles. The number of nitrogens with one attached hydrogen (secondary N) is 1. The Labute approximate surface area is 102 Å². The Balaban J connectivity index is 2.64. The smallest absolute Gasteiger partial charge is 0.195 e. The van der Waals surface area contributed by atoms with E-state index in [1.165, 1.54) is 0 Å². The molecule has 3 nitrogen and oxygen atoms in total. The second-order valence-electron chi connectivity index (χ2n) is 3.41. The monoisotopic (exact) mass is 259 g/mol. The minimum absolute atomic E-state index is 0.268. The van der Waals surface area contributed by atoms with Crippen molar-refractivity contribution < 1.29 is 0 Å². The molecule has 2 rings (SSSR count). The molecule has 0 aliphatic rings. The lowest BCUT2D eigenvalue weighted by molar-refractivity contribution is 0.597. The molecule has 0 radical (unpaired) electrons. The zero-order valence-electron chi connectivity index (χ0n) is 8.32. The fourth-order valence-electron chi connectivity index (χ4n) is 1.40. The first-order valence-corrected chi connectivity index (χ1v) is 6.18. The number of aromatic nitrogens is 3. The van der Waals surface area contributed by atoms with E-state index >= 15 is 0 Å². The van der Waals surface area contributed by atoms with Crippen LogP contribution < -0.4 is 0 Å². The highest BCUT2D eigenvalue weighted by Crippen LogP contribution is 2.32. The van der Waals surface area contributed by atoms with Gasteiger partial charge in [0.25, 0.3) is 0 Å². The highest BCUT2D eigenvalue weighted by atomic mass is 35.5. The molecule has 2 aromatic rings. The quantitative estimate of drug-likeness (QED) is 0.830. The molecule has 80 valence electrons. The number of rotatable bonds is 2. The zero-order chi connectivity index (χ0) is 11.0. The van der Waals surface area contributed by atoms with Crippen molar-refractivity contribution in [2.75, 3.05) is 0 Å². The molecule has 0 spiro atoms. The van der Waals surface area contributed by atoms with Crippen LogP contribution in [0.5, 0.6) is 0 Å². The molecule has 0 fully saturated rings. The molecule has 0 unspecified atom stereocenters. The number of thiophene rings is 1. The summed E-state index contributed by atoms with van der Waals surface area (Å²) in [6, 6.07) is 2.13. The summed E-state index contributed by atoms with van der Waals surface area (Å²) in [4.78, 5) is 0.956. The molecule has 15 heavy (non-hydrogen) atoms. The number of nitrogens with zero attached hydrogens (tertiary/aromatic N) is 2. The summed E-state index contributed by atoms with van der Waals surface area (Å²) in [7, 11) is 0. The summed E-state index contributed by atoms with van der Waals surface area (Å²) < 4.78 is 2.59. The first kappa shape index (κ1) is 10.9. The van der Waals surface area contributed by atoms with Gasteiger partial charge in [-0.15, -0.1) is 11.3 Å². The van der Waals surface area contributed by atoms with Crippen molar-refractivity contribution in [3.05, 3.63) is 21.2 Å². The van der Waals surface area contributed by atoms with Crippen LogP contribution >= 0.6 is 35.2 Å². The van der Waals surface area contributed by atoms with Gasteiger partial charge in [-0.3, -0.25) is 9.67 Å². The first-order chi connectivity index (χ1) is 7.11. The van der Waals surface area contributed by atoms with E-state index in [1.807, 2.05) is 16.0 Å². The van der Waals surface area contributed by atoms with Crippen molar-refractivity contribution in [2.24, 2.45) is 0 Å². The number of halogens is 1. The average Bonchev–Trinajstić information content (AvgIpc) is 2.71. The van der Waals surface area contributed by atoms with E-state index in [1.54, 1.807) is 11.3 Å². The zero-order valence-corrected chi connectivity index (χ0v) is 10.7. The maximum atomic E-state index is 6.07. The van der Waals surface area contributed by atoms with Crippen LogP contribution in [0, 0.1) is 4.77 Å². The van der Waals surface area contributed by atoms with Gasteiger partial charge >= 0.3 is 0 Å². The van der Waals surface area contributed by atoms with Crippen LogP contribution in [0.25, 0.3) is 10.7 Å². The van der Waals surface area contributed by atoms with Crippen LogP contribution in [-0.2, 0) is 0 Å². The molecule has 6 heteroatoms. The van der Waals surface area contributed by atoms with Crippen LogP contribution in [0.2, 0.25) is 5.02 Å². The van der Waals surface area contributed by atoms with Gasteiger partial charge in [0.05, 0.1) is 9.90 Å². The van der Waals surface area contributed by atoms with E-state index in [0.29, 0.717) is 4.77 Å². The minimum Gasteiger partial charge on any atom is -0.297 e. The third kappa shape index (κ3) is 1.87. The maximum absolute atomic E-state index is 6.07. The number of hydrogen-bond acceptors (Lipinski definition) is 3. The lowest BCUT2D eigenvalue weighted by Gasteiger charge is -2.08. The molecule has 0 bridgehead atoms. The van der Waals surface area contributed by atoms with Gasteiger partial charge in [-0.1, -0.05) is 11.6 Å². The van der Waals surface area contributed by atoms with Crippen molar-refractivity contribution in [2.45, 2.75) is 19.9 Å². The lowest BCUT2D eigenvalue weighted by Crippen LogP contribution is -2.02. The highest BCUT2D eigenvalue weighted by molar-refractivity contribution is 7.71. The molecule has 0 aromatic carbocycles. The van der Waals surface area contributed by atoms with Crippen LogP contribution in [0.3, 0.4) is 0 Å². The van der Waals surface area contributed by atoms with E-state index in [2.05, 4.69) is 24.0 Å². The van der Waals surface area contributed by atoms with Gasteiger partial charge < -0.3 is 0 Å². The summed E-state index contributed by atoms with van der Waals surface area (Å²) in [5, 5.41) is 9.67. The van der Waals surface area contributed by atoms with E-state index in [9.17, 15) is 0 Å². The fraction of sp³-hybridized carbons (Fsp3) is 0.333. The van der Waals surface area contributed by atoms with E-state index in [-0.39, 0.29) is 6.04 Å². The molecule has 2 aromatic heterocycles. The standard InChI is InChI=1S/C9H10ClN3S2/c1-5(2)13-8(11-12-9(13)14)7-6(10)3-4-15-7/h3-5H,1-2H3,(H,12,14). The van der Waals surface area contributed by atoms with Crippen molar-refractivity contribution in [1.29, 1.82) is 0 Å². The van der Waals surface area contributed by atoms with Crippen LogP contribution in [0.4, 0.5) is 0 Å². The van der Waals surface area contributed by atoms with Crippen LogP contribution in [-0.4, -0.2) is 14.8 Å². The van der Waals surface area contributed by atoms with Crippen molar-refractivity contribution in [3.8, 4) is 10.7 Å². The summed E-state index contributed by atoms with van der Waals surface area (Å²) in [6.07, 6.45) is 0. The Morgan fingerprint density at radius 3 is 2.87 bits per heavy atom. The molecule has 0 saturated heterocycles. The highest BCUT2D eigenvalue weighted by Gasteiger charge is 2.14. The molecule has 1 N–H and O–H groups in total. The molecule has 0 atom stereocenters. The summed E-state index contributed by atoms with van der Waals surface area (Å²) in [6.45, 7) is 4.13. The van der Waals surface area contributed by atoms with Gasteiger partial charge in [0.15, 0.2) is 10.6 Å². The number of H-pyrrole nitrogens is 1. The van der Waals surface area contributed by atoms with Crippen molar-refractivity contribution >= 4 is 35.2 Å². The van der Waals surface area contributed by atoms with E-state index in [0.717, 1.165) is 15.7 Å². The van der Waals surface area contributed by atoms with E-state index < -0.39 is 0 Å². The van der Waals surface area contributed by atoms with Gasteiger partial charge in [-0.05, 0) is 37.5 Å². The molecule has 0 aliphatic carbocycles. The van der Waals surface area contributed by atoms with Gasteiger partial charge in [-0.2, -0.15) is 5.10 Å². The van der Waals surface area contributed by atoms with Gasteiger partial charge in [0, 0.05) is 6.04 Å². The van der Waals surface area contributed by atoms with Gasteiger partial charge in [0.1, 0.15) is 0 Å². The second-order valence-corrected chi connectivity index (χ2v) is 5.12. The summed E-state index contributed by atoms with van der Waals surface area (Å²) >= 11 is 12.8. The third-order valence-corrected chi connectivity index (χ3v) is 3.67. The predicted octanol–water partition coefficient (Wildman–Crippen LogP) is 3.90. The fourth-order valence-corrected chi connectivity index (χ4v) is 2.87. The Bertz CT molecular complexity index is 523. The Kier molecular flexibility index (Phi) is 2.95. The SMILES string of the molecule is CC(C)n1c(-c2sccc2Cl)n[nH]c1=S. The predicted molar refractivity (Wildman–Crippen MR) is 66.1 cm³/mol. The van der Waals surface area contributed by atoms with E-state index in [4.69, 9.17) is 23.8 Å². The van der Waals surface area contributed by atoms with Gasteiger partial charge in [0.2, 0.25) is 0 Å². The Morgan fingerprint density at radius 1 is 1.60 bits per heavy atom. The molecule has 0 amide bonds. The molecular formula is C9H10ClN3S2. The summed E-state index contributed by atoms with van der Waals surface area (Å²) in [5.74, 6) is 0.815. The topological polar surface area (TPSA) is 33.6 Å². The third-order valence-electron chi connectivity index (χ3n) is 2.04. The summed E-state index contributed by atoms with van der Waals surface area (Å²) in [5.41, 5.74) is 0.